The molecular weight excluding hydrogens is 554 g/mol. The van der Waals surface area contributed by atoms with Gasteiger partial charge < -0.3 is 9.73 Å². The molecule has 2 aliphatic rings. The summed E-state index contributed by atoms with van der Waals surface area (Å²) in [6, 6.07) is 48.5. The van der Waals surface area contributed by atoms with Crippen molar-refractivity contribution in [1.29, 1.82) is 0 Å². The van der Waals surface area contributed by atoms with E-state index < -0.39 is 0 Å². The smallest absolute Gasteiger partial charge is 0.186 e. The number of fused-ring (bicyclic) bond motifs is 6. The molecule has 6 aromatic carbocycles. The molecule has 4 heteroatoms. The van der Waals surface area contributed by atoms with Gasteiger partial charge in [-0.1, -0.05) is 97.1 Å². The van der Waals surface area contributed by atoms with Gasteiger partial charge in [0.25, 0.3) is 0 Å². The molecule has 4 nitrogen and oxygen atoms in total. The lowest BCUT2D eigenvalue weighted by Gasteiger charge is -2.23. The molecule has 0 bridgehead atoms. The van der Waals surface area contributed by atoms with Crippen LogP contribution < -0.4 is 15.1 Å². The second kappa shape index (κ2) is 10.4. The van der Waals surface area contributed by atoms with Crippen molar-refractivity contribution in [3.05, 3.63) is 168 Å². The molecule has 9 rings (SSSR count). The average Bonchev–Trinajstić information content (AvgIpc) is 3.51. The van der Waals surface area contributed by atoms with Crippen molar-refractivity contribution in [2.45, 2.75) is 6.04 Å². The van der Waals surface area contributed by atoms with Crippen LogP contribution in [-0.4, -0.2) is 0 Å². The Labute approximate surface area is 260 Å². The molecule has 214 valence electrons. The van der Waals surface area contributed by atoms with Crippen LogP contribution in [-0.2, 0) is 0 Å². The van der Waals surface area contributed by atoms with Crippen molar-refractivity contribution >= 4 is 33.2 Å². The Kier molecular flexibility index (Phi) is 5.93. The highest BCUT2D eigenvalue weighted by atomic mass is 17.2. The first kappa shape index (κ1) is 25.6. The van der Waals surface area contributed by atoms with Crippen molar-refractivity contribution < 1.29 is 19.5 Å². The third kappa shape index (κ3) is 4.43. The number of allylic oxidation sites excluding steroid dienone is 2. The van der Waals surface area contributed by atoms with E-state index in [1.165, 1.54) is 22.4 Å². The van der Waals surface area contributed by atoms with E-state index in [0.29, 0.717) is 11.5 Å². The molecule has 0 saturated carbocycles. The predicted octanol–water partition coefficient (Wildman–Crippen LogP) is 9.35. The van der Waals surface area contributed by atoms with E-state index in [1.807, 2.05) is 24.3 Å². The van der Waals surface area contributed by atoms with Crippen LogP contribution in [0, 0.1) is 0 Å². The molecule has 1 unspecified atom stereocenters. The van der Waals surface area contributed by atoms with E-state index >= 15 is 0 Å². The monoisotopic (exact) mass is 582 g/mol. The number of furan rings is 1. The maximum absolute atomic E-state index is 6.37. The summed E-state index contributed by atoms with van der Waals surface area (Å²) in [4.78, 5) is 11.5. The van der Waals surface area contributed by atoms with Crippen LogP contribution >= 0.6 is 0 Å². The number of benzene rings is 6. The SMILES string of the molecule is C1=C(c2ccc3c(c2)-c2cc(-c4cccc5c4oc4ccccc45)ccc2OO3)C=C(c2ccccc2)[NH2+]C1c1ccccc1. The zero-order valence-electron chi connectivity index (χ0n) is 24.3. The Morgan fingerprint density at radius 3 is 1.98 bits per heavy atom. The maximum Gasteiger partial charge on any atom is 0.186 e. The highest BCUT2D eigenvalue weighted by molar-refractivity contribution is 6.09. The van der Waals surface area contributed by atoms with Gasteiger partial charge in [-0.15, -0.1) is 0 Å². The first-order chi connectivity index (χ1) is 22.3. The first-order valence-electron chi connectivity index (χ1n) is 15.2. The van der Waals surface area contributed by atoms with Gasteiger partial charge in [0, 0.05) is 44.7 Å². The van der Waals surface area contributed by atoms with Gasteiger partial charge in [0.1, 0.15) is 22.9 Å². The van der Waals surface area contributed by atoms with Gasteiger partial charge >= 0.3 is 0 Å². The molecule has 45 heavy (non-hydrogen) atoms. The fourth-order valence-corrected chi connectivity index (χ4v) is 6.59. The second-order valence-corrected chi connectivity index (χ2v) is 11.6. The fourth-order valence-electron chi connectivity index (χ4n) is 6.59. The van der Waals surface area contributed by atoms with E-state index in [9.17, 15) is 0 Å². The summed E-state index contributed by atoms with van der Waals surface area (Å²) in [7, 11) is 0. The number of quaternary nitrogens is 1. The highest BCUT2D eigenvalue weighted by Crippen LogP contribution is 2.45. The molecule has 1 aromatic heterocycles. The van der Waals surface area contributed by atoms with Crippen LogP contribution in [0.3, 0.4) is 0 Å². The van der Waals surface area contributed by atoms with Gasteiger partial charge in [-0.05, 0) is 65.2 Å². The second-order valence-electron chi connectivity index (χ2n) is 11.6. The summed E-state index contributed by atoms with van der Waals surface area (Å²) in [6.07, 6.45) is 4.64. The minimum absolute atomic E-state index is 0.153. The molecule has 1 atom stereocenters. The Balaban J connectivity index is 1.16. The molecule has 2 aliphatic heterocycles. The molecule has 3 heterocycles. The van der Waals surface area contributed by atoms with E-state index in [2.05, 4.69) is 133 Å². The van der Waals surface area contributed by atoms with Gasteiger partial charge in [-0.25, -0.2) is 0 Å². The van der Waals surface area contributed by atoms with Crippen LogP contribution in [0.1, 0.15) is 22.7 Å². The van der Waals surface area contributed by atoms with E-state index in [-0.39, 0.29) is 6.04 Å². The molecule has 0 amide bonds. The summed E-state index contributed by atoms with van der Waals surface area (Å²) in [5.41, 5.74) is 11.8. The number of hydrogen-bond acceptors (Lipinski definition) is 3. The first-order valence-corrected chi connectivity index (χ1v) is 15.2. The molecule has 0 fully saturated rings. The van der Waals surface area contributed by atoms with Gasteiger partial charge in [-0.3, -0.25) is 9.78 Å². The third-order valence-electron chi connectivity index (χ3n) is 8.84. The lowest BCUT2D eigenvalue weighted by molar-refractivity contribution is -0.598. The fraction of sp³-hybridized carbons (Fsp3) is 0.0244. The third-order valence-corrected chi connectivity index (χ3v) is 8.84. The van der Waals surface area contributed by atoms with E-state index in [1.54, 1.807) is 0 Å². The van der Waals surface area contributed by atoms with Crippen molar-refractivity contribution in [2.24, 2.45) is 0 Å². The summed E-state index contributed by atoms with van der Waals surface area (Å²) < 4.78 is 6.37. The maximum atomic E-state index is 6.37. The molecule has 0 aliphatic carbocycles. The van der Waals surface area contributed by atoms with Crippen LogP contribution in [0.5, 0.6) is 11.5 Å². The molecule has 0 radical (unpaired) electrons. The Morgan fingerprint density at radius 2 is 1.18 bits per heavy atom. The molecular formula is C41H28NO3+. The molecule has 7 aromatic rings. The van der Waals surface area contributed by atoms with Crippen molar-refractivity contribution in [2.75, 3.05) is 0 Å². The number of nitrogens with two attached hydrogens (primary N) is 1. The zero-order chi connectivity index (χ0) is 29.7. The Hall–Kier alpha value is -5.84. The standard InChI is InChI=1S/C41H27NO3/c1-3-10-26(11-4-1)36-24-30(25-37(42-36)27-12-5-2-6-13-27)28-18-20-39-34(22-28)35-23-29(19-21-40(35)45-44-39)31-15-9-16-33-32-14-7-8-17-38(32)43-41(31)33/h1-25,36,42H/p+1. The summed E-state index contributed by atoms with van der Waals surface area (Å²) >= 11 is 0. The van der Waals surface area contributed by atoms with Gasteiger partial charge in [0.2, 0.25) is 0 Å². The van der Waals surface area contributed by atoms with Gasteiger partial charge in [0.15, 0.2) is 11.5 Å². The minimum Gasteiger partial charge on any atom is -0.455 e. The molecule has 0 saturated heterocycles. The van der Waals surface area contributed by atoms with E-state index in [0.717, 1.165) is 49.8 Å². The minimum atomic E-state index is 0.153. The lowest BCUT2D eigenvalue weighted by Crippen LogP contribution is -2.82. The largest absolute Gasteiger partial charge is 0.455 e. The van der Waals surface area contributed by atoms with Crippen LogP contribution in [0.25, 0.3) is 55.5 Å². The predicted molar refractivity (Wildman–Crippen MR) is 179 cm³/mol. The van der Waals surface area contributed by atoms with Crippen LogP contribution in [0.2, 0.25) is 0 Å². The normalized spacial score (nSPS) is 15.4. The summed E-state index contributed by atoms with van der Waals surface area (Å²) in [6.45, 7) is 0. The van der Waals surface area contributed by atoms with Crippen molar-refractivity contribution in [1.82, 2.24) is 0 Å². The van der Waals surface area contributed by atoms with Crippen LogP contribution in [0.15, 0.2) is 156 Å². The molecule has 2 N–H and O–H groups in total. The van der Waals surface area contributed by atoms with E-state index in [4.69, 9.17) is 14.2 Å². The lowest BCUT2D eigenvalue weighted by atomic mass is 9.90. The number of rotatable bonds is 4. The zero-order valence-corrected chi connectivity index (χ0v) is 24.3. The molecule has 0 spiro atoms. The van der Waals surface area contributed by atoms with Crippen molar-refractivity contribution in [3.63, 3.8) is 0 Å². The topological polar surface area (TPSA) is 48.2 Å². The van der Waals surface area contributed by atoms with Gasteiger partial charge in [0.05, 0.1) is 0 Å². The Morgan fingerprint density at radius 1 is 0.511 bits per heavy atom. The quantitative estimate of drug-likeness (QED) is 0.210. The van der Waals surface area contributed by atoms with Crippen LogP contribution in [0.4, 0.5) is 0 Å². The average molecular weight is 583 g/mol. The summed E-state index contributed by atoms with van der Waals surface area (Å²) in [5, 5.41) is 4.58. The van der Waals surface area contributed by atoms with Crippen molar-refractivity contribution in [3.8, 4) is 33.8 Å². The Bertz CT molecular complexity index is 2300. The van der Waals surface area contributed by atoms with Gasteiger partial charge in [-0.2, -0.15) is 0 Å². The highest BCUT2D eigenvalue weighted by Gasteiger charge is 2.26. The number of para-hydroxylation sites is 2. The number of hydrogen-bond donors (Lipinski definition) is 1. The summed E-state index contributed by atoms with van der Waals surface area (Å²) in [5.74, 6) is 1.38.